The largest absolute Gasteiger partial charge is 0.343 e. The summed E-state index contributed by atoms with van der Waals surface area (Å²) >= 11 is 1.56. The van der Waals surface area contributed by atoms with Crippen LogP contribution in [0.5, 0.6) is 0 Å². The van der Waals surface area contributed by atoms with Gasteiger partial charge in [0, 0.05) is 11.8 Å². The van der Waals surface area contributed by atoms with Crippen molar-refractivity contribution in [3.05, 3.63) is 64.2 Å². The molecule has 1 aromatic carbocycles. The van der Waals surface area contributed by atoms with E-state index in [2.05, 4.69) is 25.4 Å². The predicted octanol–water partition coefficient (Wildman–Crippen LogP) is 1.61. The van der Waals surface area contributed by atoms with Crippen LogP contribution >= 0.6 is 11.8 Å². The third-order valence-corrected chi connectivity index (χ3v) is 3.82. The molecule has 8 nitrogen and oxygen atoms in total. The highest BCUT2D eigenvalue weighted by atomic mass is 32.2. The molecule has 3 rings (SSSR count). The molecule has 3 aromatic rings. The maximum absolute atomic E-state index is 12.2. The fraction of sp³-hybridized carbons (Fsp3) is 0.188. The summed E-state index contributed by atoms with van der Waals surface area (Å²) in [6, 6.07) is 9.18. The summed E-state index contributed by atoms with van der Waals surface area (Å²) in [6.07, 6.45) is 3.18. The van der Waals surface area contributed by atoms with Crippen LogP contribution in [0, 0.1) is 0 Å². The van der Waals surface area contributed by atoms with Gasteiger partial charge in [0.15, 0.2) is 5.82 Å². The molecular formula is C16H15N5O3S. The Kier molecular flexibility index (Phi) is 5.24. The molecular weight excluding hydrogens is 342 g/mol. The van der Waals surface area contributed by atoms with Crippen molar-refractivity contribution >= 4 is 17.7 Å². The van der Waals surface area contributed by atoms with Crippen molar-refractivity contribution in [3.8, 4) is 11.4 Å². The number of thioether (sulfide) groups is 1. The average Bonchev–Trinajstić information content (AvgIpc) is 3.08. The number of amides is 1. The van der Waals surface area contributed by atoms with Gasteiger partial charge in [0.05, 0.1) is 12.3 Å². The number of carbonyl (C=O) groups is 1. The van der Waals surface area contributed by atoms with Gasteiger partial charge in [-0.2, -0.15) is 16.7 Å². The molecule has 0 atom stereocenters. The number of rotatable bonds is 6. The monoisotopic (exact) mass is 357 g/mol. The zero-order chi connectivity index (χ0) is 17.6. The first-order valence-corrected chi connectivity index (χ1v) is 8.80. The summed E-state index contributed by atoms with van der Waals surface area (Å²) in [7, 11) is 0. The molecule has 0 aliphatic carbocycles. The van der Waals surface area contributed by atoms with Gasteiger partial charge in [-0.05, 0) is 6.26 Å². The summed E-state index contributed by atoms with van der Waals surface area (Å²) in [5.41, 5.74) is 0.169. The summed E-state index contributed by atoms with van der Waals surface area (Å²) in [5.74, 6) is 1.31. The molecule has 0 aliphatic heterocycles. The number of aromatic nitrogens is 4. The molecule has 0 bridgehead atoms. The Morgan fingerprint density at radius 2 is 2.12 bits per heavy atom. The van der Waals surface area contributed by atoms with Crippen LogP contribution in [-0.2, 0) is 12.3 Å². The maximum atomic E-state index is 12.2. The molecule has 0 saturated carbocycles. The van der Waals surface area contributed by atoms with E-state index < -0.39 is 11.5 Å². The van der Waals surface area contributed by atoms with Gasteiger partial charge in [-0.25, -0.2) is 4.98 Å². The van der Waals surface area contributed by atoms with E-state index >= 15 is 0 Å². The standard InChI is InChI=1S/C16H15N5O3S/c1-25-9-12-19-13(24-21-12)8-18-15(22)11-7-17-14(20-16(11)23)10-5-3-2-4-6-10/h2-7H,8-9H2,1H3,(H,18,22)(H,17,20,23). The molecule has 0 fully saturated rings. The van der Waals surface area contributed by atoms with E-state index in [-0.39, 0.29) is 18.0 Å². The second kappa shape index (κ2) is 7.75. The average molecular weight is 357 g/mol. The number of carbonyl (C=O) groups excluding carboxylic acids is 1. The van der Waals surface area contributed by atoms with E-state index in [0.717, 1.165) is 5.56 Å². The summed E-state index contributed by atoms with van der Waals surface area (Å²) in [6.45, 7) is 0.0418. The minimum absolute atomic E-state index is 0.0418. The number of nitrogens with zero attached hydrogens (tertiary/aromatic N) is 3. The Balaban J connectivity index is 1.68. The predicted molar refractivity (Wildman–Crippen MR) is 93.0 cm³/mol. The molecule has 1 amide bonds. The van der Waals surface area contributed by atoms with Crippen LogP contribution in [0.3, 0.4) is 0 Å². The van der Waals surface area contributed by atoms with Crippen molar-refractivity contribution in [2.24, 2.45) is 0 Å². The lowest BCUT2D eigenvalue weighted by atomic mass is 10.2. The SMILES string of the molecule is CSCc1noc(CNC(=O)c2cnc(-c3ccccc3)[nH]c2=O)n1. The molecule has 2 N–H and O–H groups in total. The molecule has 128 valence electrons. The first-order valence-electron chi connectivity index (χ1n) is 7.40. The minimum Gasteiger partial charge on any atom is -0.343 e. The van der Waals surface area contributed by atoms with Gasteiger partial charge in [-0.3, -0.25) is 9.59 Å². The van der Waals surface area contributed by atoms with Crippen molar-refractivity contribution in [3.63, 3.8) is 0 Å². The number of H-pyrrole nitrogens is 1. The lowest BCUT2D eigenvalue weighted by Crippen LogP contribution is -2.29. The number of nitrogens with one attached hydrogen (secondary N) is 2. The number of benzene rings is 1. The van der Waals surface area contributed by atoms with E-state index in [0.29, 0.717) is 17.4 Å². The quantitative estimate of drug-likeness (QED) is 0.689. The molecule has 9 heteroatoms. The Bertz CT molecular complexity index is 923. The van der Waals surface area contributed by atoms with Crippen molar-refractivity contribution in [1.29, 1.82) is 0 Å². The van der Waals surface area contributed by atoms with Gasteiger partial charge in [-0.1, -0.05) is 35.5 Å². The first-order chi connectivity index (χ1) is 12.2. The fourth-order valence-electron chi connectivity index (χ4n) is 2.10. The van der Waals surface area contributed by atoms with Gasteiger partial charge in [0.1, 0.15) is 11.4 Å². The van der Waals surface area contributed by atoms with Crippen LogP contribution in [0.1, 0.15) is 22.1 Å². The van der Waals surface area contributed by atoms with Crippen molar-refractivity contribution < 1.29 is 9.32 Å². The van der Waals surface area contributed by atoms with Crippen LogP contribution in [0.15, 0.2) is 45.8 Å². The fourth-order valence-corrected chi connectivity index (χ4v) is 2.48. The van der Waals surface area contributed by atoms with E-state index in [9.17, 15) is 9.59 Å². The molecule has 25 heavy (non-hydrogen) atoms. The lowest BCUT2D eigenvalue weighted by molar-refractivity contribution is 0.0944. The highest BCUT2D eigenvalue weighted by Gasteiger charge is 2.14. The Morgan fingerprint density at radius 1 is 1.32 bits per heavy atom. The lowest BCUT2D eigenvalue weighted by Gasteiger charge is -2.04. The van der Waals surface area contributed by atoms with Gasteiger partial charge in [-0.15, -0.1) is 0 Å². The van der Waals surface area contributed by atoms with Crippen molar-refractivity contribution in [2.45, 2.75) is 12.3 Å². The van der Waals surface area contributed by atoms with Crippen LogP contribution in [-0.4, -0.2) is 32.3 Å². The van der Waals surface area contributed by atoms with Crippen molar-refractivity contribution in [2.75, 3.05) is 6.26 Å². The smallest absolute Gasteiger partial charge is 0.264 e. The van der Waals surface area contributed by atoms with E-state index in [1.165, 1.54) is 6.20 Å². The summed E-state index contributed by atoms with van der Waals surface area (Å²) in [5, 5.41) is 6.35. The van der Waals surface area contributed by atoms with Crippen molar-refractivity contribution in [1.82, 2.24) is 25.4 Å². The maximum Gasteiger partial charge on any atom is 0.264 e. The van der Waals surface area contributed by atoms with Crippen LogP contribution < -0.4 is 10.9 Å². The second-order valence-electron chi connectivity index (χ2n) is 5.06. The van der Waals surface area contributed by atoms with E-state index in [4.69, 9.17) is 4.52 Å². The molecule has 0 unspecified atom stereocenters. The van der Waals surface area contributed by atoms with Gasteiger partial charge < -0.3 is 14.8 Å². The Hall–Kier alpha value is -2.94. The first kappa shape index (κ1) is 16.9. The van der Waals surface area contributed by atoms with Gasteiger partial charge in [0.25, 0.3) is 11.5 Å². The molecule has 0 radical (unpaired) electrons. The zero-order valence-corrected chi connectivity index (χ0v) is 14.2. The number of hydrogen-bond donors (Lipinski definition) is 2. The van der Waals surface area contributed by atoms with E-state index in [1.54, 1.807) is 11.8 Å². The molecule has 0 saturated heterocycles. The third kappa shape index (κ3) is 4.13. The topological polar surface area (TPSA) is 114 Å². The highest BCUT2D eigenvalue weighted by Crippen LogP contribution is 2.11. The summed E-state index contributed by atoms with van der Waals surface area (Å²) < 4.78 is 5.02. The normalized spacial score (nSPS) is 10.6. The zero-order valence-electron chi connectivity index (χ0n) is 13.4. The van der Waals surface area contributed by atoms with Gasteiger partial charge in [0.2, 0.25) is 5.89 Å². The molecule has 2 heterocycles. The second-order valence-corrected chi connectivity index (χ2v) is 5.93. The number of hydrogen-bond acceptors (Lipinski definition) is 7. The van der Waals surface area contributed by atoms with Crippen LogP contribution in [0.4, 0.5) is 0 Å². The molecule has 2 aromatic heterocycles. The molecule has 0 spiro atoms. The third-order valence-electron chi connectivity index (χ3n) is 3.27. The minimum atomic E-state index is -0.557. The Labute approximate surface area is 147 Å². The highest BCUT2D eigenvalue weighted by molar-refractivity contribution is 7.97. The van der Waals surface area contributed by atoms with Crippen LogP contribution in [0.25, 0.3) is 11.4 Å². The number of aromatic amines is 1. The van der Waals surface area contributed by atoms with Gasteiger partial charge >= 0.3 is 0 Å². The molecule has 0 aliphatic rings. The Morgan fingerprint density at radius 3 is 2.84 bits per heavy atom. The summed E-state index contributed by atoms with van der Waals surface area (Å²) in [4.78, 5) is 35.2. The van der Waals surface area contributed by atoms with Crippen LogP contribution in [0.2, 0.25) is 0 Å². The van der Waals surface area contributed by atoms with E-state index in [1.807, 2.05) is 36.6 Å².